The largest absolute Gasteiger partial charge is 0.336 e. The molecule has 6 nitrogen and oxygen atoms in total. The second-order valence-corrected chi connectivity index (χ2v) is 8.34. The summed E-state index contributed by atoms with van der Waals surface area (Å²) < 4.78 is 16.3. The van der Waals surface area contributed by atoms with Crippen molar-refractivity contribution in [2.24, 2.45) is 0 Å². The maximum absolute atomic E-state index is 13.7. The SMILES string of the molecule is Cc1ccc(NC(=O)Cn2c(=O)n(-c3ccc(F)c(C)c3)c(=O)c3sccc32)cc1C. The minimum atomic E-state index is -0.655. The Balaban J connectivity index is 1.78. The van der Waals surface area contributed by atoms with Crippen LogP contribution in [-0.2, 0) is 11.3 Å². The molecule has 2 aromatic heterocycles. The first-order chi connectivity index (χ1) is 14.8. The third-order valence-corrected chi connectivity index (χ3v) is 6.14. The van der Waals surface area contributed by atoms with Gasteiger partial charge in [-0.1, -0.05) is 6.07 Å². The Morgan fingerprint density at radius 2 is 1.77 bits per heavy atom. The van der Waals surface area contributed by atoms with E-state index in [2.05, 4.69) is 5.32 Å². The Bertz CT molecular complexity index is 1450. The molecule has 0 atom stereocenters. The molecule has 0 aliphatic carbocycles. The molecule has 0 unspecified atom stereocenters. The van der Waals surface area contributed by atoms with Gasteiger partial charge in [-0.3, -0.25) is 14.2 Å². The number of nitrogens with one attached hydrogen (secondary N) is 1. The number of nitrogens with zero attached hydrogens (tertiary/aromatic N) is 2. The molecule has 0 saturated heterocycles. The number of fused-ring (bicyclic) bond motifs is 1. The fourth-order valence-electron chi connectivity index (χ4n) is 3.40. The summed E-state index contributed by atoms with van der Waals surface area (Å²) in [6.07, 6.45) is 0. The first-order valence-corrected chi connectivity index (χ1v) is 10.5. The van der Waals surface area contributed by atoms with Gasteiger partial charge in [0.05, 0.1) is 11.2 Å². The molecule has 2 aromatic carbocycles. The van der Waals surface area contributed by atoms with E-state index in [-0.39, 0.29) is 12.2 Å². The van der Waals surface area contributed by atoms with Crippen LogP contribution < -0.4 is 16.6 Å². The zero-order chi connectivity index (χ0) is 22.3. The van der Waals surface area contributed by atoms with Crippen molar-refractivity contribution in [3.05, 3.63) is 91.2 Å². The van der Waals surface area contributed by atoms with Crippen LogP contribution in [0.5, 0.6) is 0 Å². The molecule has 158 valence electrons. The van der Waals surface area contributed by atoms with Crippen LogP contribution in [0, 0.1) is 26.6 Å². The number of rotatable bonds is 4. The molecule has 1 N–H and O–H groups in total. The summed E-state index contributed by atoms with van der Waals surface area (Å²) in [6, 6.07) is 11.2. The number of thiophene rings is 1. The van der Waals surface area contributed by atoms with E-state index in [0.717, 1.165) is 15.7 Å². The quantitative estimate of drug-likeness (QED) is 0.526. The maximum Gasteiger partial charge on any atom is 0.336 e. The van der Waals surface area contributed by atoms with Gasteiger partial charge >= 0.3 is 5.69 Å². The third kappa shape index (κ3) is 3.82. The Morgan fingerprint density at radius 1 is 1.00 bits per heavy atom. The van der Waals surface area contributed by atoms with Crippen LogP contribution in [0.2, 0.25) is 0 Å². The fourth-order valence-corrected chi connectivity index (χ4v) is 4.22. The smallest absolute Gasteiger partial charge is 0.325 e. The van der Waals surface area contributed by atoms with Crippen molar-refractivity contribution in [3.8, 4) is 5.69 Å². The van der Waals surface area contributed by atoms with E-state index in [4.69, 9.17) is 0 Å². The lowest BCUT2D eigenvalue weighted by Gasteiger charge is -2.13. The maximum atomic E-state index is 13.7. The zero-order valence-corrected chi connectivity index (χ0v) is 18.0. The van der Waals surface area contributed by atoms with E-state index in [0.29, 0.717) is 21.5 Å². The van der Waals surface area contributed by atoms with Crippen LogP contribution in [0.3, 0.4) is 0 Å². The van der Waals surface area contributed by atoms with E-state index >= 15 is 0 Å². The highest BCUT2D eigenvalue weighted by Gasteiger charge is 2.18. The van der Waals surface area contributed by atoms with Crippen molar-refractivity contribution in [1.29, 1.82) is 0 Å². The third-order valence-electron chi connectivity index (χ3n) is 5.25. The number of aryl methyl sites for hydroxylation is 3. The summed E-state index contributed by atoms with van der Waals surface area (Å²) in [5.74, 6) is -0.819. The second kappa shape index (κ2) is 7.96. The summed E-state index contributed by atoms with van der Waals surface area (Å²) in [6.45, 7) is 5.22. The van der Waals surface area contributed by atoms with E-state index in [1.165, 1.54) is 34.1 Å². The molecule has 4 aromatic rings. The van der Waals surface area contributed by atoms with Crippen molar-refractivity contribution >= 4 is 33.1 Å². The number of benzene rings is 2. The second-order valence-electron chi connectivity index (χ2n) is 7.42. The van der Waals surface area contributed by atoms with Crippen molar-refractivity contribution in [3.63, 3.8) is 0 Å². The molecule has 0 saturated carbocycles. The number of hydrogen-bond acceptors (Lipinski definition) is 4. The van der Waals surface area contributed by atoms with Gasteiger partial charge in [0.15, 0.2) is 0 Å². The van der Waals surface area contributed by atoms with Gasteiger partial charge in [-0.2, -0.15) is 0 Å². The van der Waals surface area contributed by atoms with Crippen molar-refractivity contribution in [1.82, 2.24) is 9.13 Å². The van der Waals surface area contributed by atoms with E-state index in [1.807, 2.05) is 26.0 Å². The van der Waals surface area contributed by atoms with Crippen LogP contribution in [-0.4, -0.2) is 15.0 Å². The van der Waals surface area contributed by atoms with Gasteiger partial charge in [0.1, 0.15) is 17.1 Å². The molecular formula is C23H20FN3O3S. The van der Waals surface area contributed by atoms with E-state index < -0.39 is 23.0 Å². The molecule has 1 amide bonds. The van der Waals surface area contributed by atoms with Crippen molar-refractivity contribution in [2.45, 2.75) is 27.3 Å². The summed E-state index contributed by atoms with van der Waals surface area (Å²) in [5.41, 5.74) is 2.59. The molecule has 0 radical (unpaired) electrons. The number of amides is 1. The van der Waals surface area contributed by atoms with Gasteiger partial charge in [0.2, 0.25) is 5.91 Å². The van der Waals surface area contributed by atoms with E-state index in [1.54, 1.807) is 24.4 Å². The normalized spacial score (nSPS) is 11.1. The Labute approximate surface area is 181 Å². The fraction of sp³-hybridized carbons (Fsp3) is 0.174. The molecule has 8 heteroatoms. The predicted molar refractivity (Wildman–Crippen MR) is 121 cm³/mol. The van der Waals surface area contributed by atoms with Crippen LogP contribution >= 0.6 is 11.3 Å². The zero-order valence-electron chi connectivity index (χ0n) is 17.2. The number of anilines is 1. The van der Waals surface area contributed by atoms with Crippen LogP contribution in [0.25, 0.3) is 15.9 Å². The molecule has 0 fully saturated rings. The topological polar surface area (TPSA) is 73.1 Å². The molecular weight excluding hydrogens is 417 g/mol. The van der Waals surface area contributed by atoms with Crippen LogP contribution in [0.15, 0.2) is 57.4 Å². The number of carbonyl (C=O) groups excluding carboxylic acids is 1. The number of halogens is 1. The first kappa shape index (κ1) is 20.7. The summed E-state index contributed by atoms with van der Waals surface area (Å²) >= 11 is 1.19. The lowest BCUT2D eigenvalue weighted by atomic mass is 10.1. The molecule has 0 spiro atoms. The minimum absolute atomic E-state index is 0.257. The molecule has 31 heavy (non-hydrogen) atoms. The minimum Gasteiger partial charge on any atom is -0.325 e. The van der Waals surface area contributed by atoms with Gasteiger partial charge in [-0.15, -0.1) is 11.3 Å². The van der Waals surface area contributed by atoms with Crippen molar-refractivity contribution in [2.75, 3.05) is 5.32 Å². The molecule has 0 bridgehead atoms. The average molecular weight is 437 g/mol. The highest BCUT2D eigenvalue weighted by molar-refractivity contribution is 7.17. The van der Waals surface area contributed by atoms with Gasteiger partial charge in [-0.05, 0) is 79.2 Å². The Kier molecular flexibility index (Phi) is 5.32. The lowest BCUT2D eigenvalue weighted by molar-refractivity contribution is -0.116. The molecule has 4 rings (SSSR count). The summed E-state index contributed by atoms with van der Waals surface area (Å²) in [7, 11) is 0. The van der Waals surface area contributed by atoms with Gasteiger partial charge < -0.3 is 5.32 Å². The van der Waals surface area contributed by atoms with Gasteiger partial charge in [0, 0.05) is 5.69 Å². The molecule has 0 aliphatic heterocycles. The molecule has 0 aliphatic rings. The lowest BCUT2D eigenvalue weighted by Crippen LogP contribution is -2.40. The van der Waals surface area contributed by atoms with Crippen molar-refractivity contribution < 1.29 is 9.18 Å². The van der Waals surface area contributed by atoms with E-state index in [9.17, 15) is 18.8 Å². The van der Waals surface area contributed by atoms with Crippen LogP contribution in [0.4, 0.5) is 10.1 Å². The predicted octanol–water partition coefficient (Wildman–Crippen LogP) is 3.92. The first-order valence-electron chi connectivity index (χ1n) is 9.63. The van der Waals surface area contributed by atoms with Crippen LogP contribution in [0.1, 0.15) is 16.7 Å². The average Bonchev–Trinajstić information content (AvgIpc) is 3.21. The molecule has 2 heterocycles. The Morgan fingerprint density at radius 3 is 2.48 bits per heavy atom. The highest BCUT2D eigenvalue weighted by Crippen LogP contribution is 2.18. The summed E-state index contributed by atoms with van der Waals surface area (Å²) in [5, 5.41) is 4.50. The Hall–Kier alpha value is -3.52. The monoisotopic (exact) mass is 437 g/mol. The highest BCUT2D eigenvalue weighted by atomic mass is 32.1. The van der Waals surface area contributed by atoms with Gasteiger partial charge in [-0.25, -0.2) is 13.8 Å². The number of carbonyl (C=O) groups is 1. The number of hydrogen-bond donors (Lipinski definition) is 1. The summed E-state index contributed by atoms with van der Waals surface area (Å²) in [4.78, 5) is 38.9. The standard InChI is InChI=1S/C23H20FN3O3S/c1-13-4-5-16(10-14(13)2)25-20(28)12-26-19-8-9-31-21(19)22(29)27(23(26)30)17-6-7-18(24)15(3)11-17/h4-11H,12H2,1-3H3,(H,25,28). The number of aromatic nitrogens is 2. The van der Waals surface area contributed by atoms with Gasteiger partial charge in [0.25, 0.3) is 5.56 Å².